The number of nitrogen functional groups attached to an aromatic ring is 1. The highest BCUT2D eigenvalue weighted by Crippen LogP contribution is 2.48. The highest BCUT2D eigenvalue weighted by atomic mass is 19.1. The van der Waals surface area contributed by atoms with Gasteiger partial charge in [0, 0.05) is 29.9 Å². The predicted octanol–water partition coefficient (Wildman–Crippen LogP) is 5.07. The Hall–Kier alpha value is -4.47. The van der Waals surface area contributed by atoms with E-state index in [2.05, 4.69) is 17.2 Å². The quantitative estimate of drug-likeness (QED) is 0.303. The molecule has 0 saturated heterocycles. The zero-order valence-corrected chi connectivity index (χ0v) is 23.7. The van der Waals surface area contributed by atoms with Crippen LogP contribution in [0.1, 0.15) is 61.3 Å². The summed E-state index contributed by atoms with van der Waals surface area (Å²) in [7, 11) is 2.87. The average Bonchev–Trinajstić information content (AvgIpc) is 3.39. The standard InChI is InChI=1S/C31H34FN5O4/c1-30(11-13-31(2,14-12-30)29(39)41-4)28-36-24(25-26(33)34-15-16-37(25)28)20-7-5-19(6-8-20)18-35-27(38)22-17-21(32)9-10-23(22)40-3/h5-10,15-17H,11-14,18H2,1-4H3,(H2,33,34)(H,35,38). The molecule has 0 aliphatic heterocycles. The number of carbonyl (C=O) groups excluding carboxylic acids is 2. The Kier molecular flexibility index (Phi) is 7.42. The number of carbonyl (C=O) groups is 2. The van der Waals surface area contributed by atoms with E-state index in [0.717, 1.165) is 41.4 Å². The van der Waals surface area contributed by atoms with Crippen molar-refractivity contribution in [3.8, 4) is 17.0 Å². The number of hydrogen-bond acceptors (Lipinski definition) is 7. The van der Waals surface area contributed by atoms with Gasteiger partial charge in [0.25, 0.3) is 5.91 Å². The number of nitrogens with one attached hydrogen (secondary N) is 1. The summed E-state index contributed by atoms with van der Waals surface area (Å²) in [6.45, 7) is 4.39. The number of rotatable bonds is 7. The van der Waals surface area contributed by atoms with Crippen molar-refractivity contribution in [2.45, 2.75) is 51.5 Å². The van der Waals surface area contributed by atoms with E-state index in [0.29, 0.717) is 30.1 Å². The van der Waals surface area contributed by atoms with Gasteiger partial charge in [0.05, 0.1) is 25.2 Å². The fraction of sp³-hybridized carbons (Fsp3) is 0.355. The number of esters is 1. The zero-order chi connectivity index (χ0) is 29.4. The van der Waals surface area contributed by atoms with Crippen molar-refractivity contribution in [2.24, 2.45) is 5.41 Å². The van der Waals surface area contributed by atoms with E-state index in [1.165, 1.54) is 26.4 Å². The van der Waals surface area contributed by atoms with Gasteiger partial charge in [-0.25, -0.2) is 14.4 Å². The Morgan fingerprint density at radius 2 is 1.78 bits per heavy atom. The third-order valence-electron chi connectivity index (χ3n) is 8.34. The molecule has 10 heteroatoms. The van der Waals surface area contributed by atoms with Crippen LogP contribution >= 0.6 is 0 Å². The van der Waals surface area contributed by atoms with Crippen LogP contribution < -0.4 is 15.8 Å². The first-order valence-electron chi connectivity index (χ1n) is 13.5. The number of amides is 1. The second kappa shape index (κ2) is 10.8. The Morgan fingerprint density at radius 3 is 2.44 bits per heavy atom. The number of nitrogens with two attached hydrogens (primary N) is 1. The monoisotopic (exact) mass is 559 g/mol. The lowest BCUT2D eigenvalue weighted by Gasteiger charge is -2.40. The number of halogens is 1. The van der Waals surface area contributed by atoms with Crippen LogP contribution in [-0.2, 0) is 21.5 Å². The van der Waals surface area contributed by atoms with Crippen molar-refractivity contribution in [2.75, 3.05) is 20.0 Å². The number of benzene rings is 2. The van der Waals surface area contributed by atoms with E-state index in [9.17, 15) is 14.0 Å². The van der Waals surface area contributed by atoms with Crippen LogP contribution in [0.15, 0.2) is 54.9 Å². The molecule has 0 atom stereocenters. The topological polar surface area (TPSA) is 121 Å². The molecule has 1 amide bonds. The maximum Gasteiger partial charge on any atom is 0.311 e. The fourth-order valence-corrected chi connectivity index (χ4v) is 5.63. The molecule has 5 rings (SSSR count). The van der Waals surface area contributed by atoms with Crippen molar-refractivity contribution in [3.05, 3.63) is 77.6 Å². The van der Waals surface area contributed by atoms with Crippen LogP contribution in [0, 0.1) is 11.2 Å². The van der Waals surface area contributed by atoms with Gasteiger partial charge < -0.3 is 20.5 Å². The van der Waals surface area contributed by atoms with Gasteiger partial charge in [0.1, 0.15) is 34.4 Å². The Morgan fingerprint density at radius 1 is 1.07 bits per heavy atom. The van der Waals surface area contributed by atoms with E-state index in [4.69, 9.17) is 20.2 Å². The van der Waals surface area contributed by atoms with E-state index in [-0.39, 0.29) is 23.5 Å². The molecule has 1 saturated carbocycles. The van der Waals surface area contributed by atoms with Gasteiger partial charge in [0.2, 0.25) is 0 Å². The third-order valence-corrected chi connectivity index (χ3v) is 8.34. The molecule has 1 aliphatic rings. The number of aromatic nitrogens is 3. The smallest absolute Gasteiger partial charge is 0.311 e. The SMILES string of the molecule is COC(=O)C1(C)CCC(C)(c2nc(-c3ccc(CNC(=O)c4cc(F)ccc4OC)cc3)c3c(N)nccn23)CC1. The van der Waals surface area contributed by atoms with Gasteiger partial charge in [-0.1, -0.05) is 31.2 Å². The van der Waals surface area contributed by atoms with E-state index in [1.807, 2.05) is 41.8 Å². The Labute approximate surface area is 237 Å². The number of fused-ring (bicyclic) bond motifs is 1. The molecule has 1 fully saturated rings. The number of imidazole rings is 1. The van der Waals surface area contributed by atoms with Crippen molar-refractivity contribution < 1.29 is 23.5 Å². The molecule has 0 radical (unpaired) electrons. The molecule has 4 aromatic rings. The Balaban J connectivity index is 1.39. The second-order valence-corrected chi connectivity index (χ2v) is 11.2. The number of ether oxygens (including phenoxy) is 2. The summed E-state index contributed by atoms with van der Waals surface area (Å²) < 4.78 is 26.0. The normalized spacial score (nSPS) is 20.5. The highest BCUT2D eigenvalue weighted by Gasteiger charge is 2.45. The molecule has 9 nitrogen and oxygen atoms in total. The minimum atomic E-state index is -0.514. The summed E-state index contributed by atoms with van der Waals surface area (Å²) in [6, 6.07) is 11.5. The summed E-state index contributed by atoms with van der Waals surface area (Å²) >= 11 is 0. The Bertz CT molecular complexity index is 1610. The van der Waals surface area contributed by atoms with Crippen molar-refractivity contribution in [1.29, 1.82) is 0 Å². The number of nitrogens with zero attached hydrogens (tertiary/aromatic N) is 3. The van der Waals surface area contributed by atoms with Crippen molar-refractivity contribution >= 4 is 23.2 Å². The van der Waals surface area contributed by atoms with Gasteiger partial charge in [0.15, 0.2) is 0 Å². The average molecular weight is 560 g/mol. The fourth-order valence-electron chi connectivity index (χ4n) is 5.63. The maximum absolute atomic E-state index is 13.7. The van der Waals surface area contributed by atoms with Crippen molar-refractivity contribution in [3.63, 3.8) is 0 Å². The molecular weight excluding hydrogens is 525 g/mol. The van der Waals surface area contributed by atoms with Crippen LogP contribution in [0.3, 0.4) is 0 Å². The molecule has 2 aromatic carbocycles. The lowest BCUT2D eigenvalue weighted by molar-refractivity contribution is -0.154. The van der Waals surface area contributed by atoms with Crippen LogP contribution in [0.2, 0.25) is 0 Å². The van der Waals surface area contributed by atoms with Crippen LogP contribution in [-0.4, -0.2) is 40.5 Å². The second-order valence-electron chi connectivity index (χ2n) is 11.2. The summed E-state index contributed by atoms with van der Waals surface area (Å²) in [5.41, 5.74) is 8.87. The number of anilines is 1. The van der Waals surface area contributed by atoms with Gasteiger partial charge in [-0.3, -0.25) is 14.0 Å². The molecular formula is C31H34FN5O4. The van der Waals surface area contributed by atoms with Gasteiger partial charge in [-0.05, 0) is 56.4 Å². The lowest BCUT2D eigenvalue weighted by Crippen LogP contribution is -2.39. The lowest BCUT2D eigenvalue weighted by atomic mass is 9.65. The van der Waals surface area contributed by atoms with E-state index >= 15 is 0 Å². The van der Waals surface area contributed by atoms with Gasteiger partial charge in [-0.15, -0.1) is 0 Å². The molecule has 0 bridgehead atoms. The zero-order valence-electron chi connectivity index (χ0n) is 23.7. The minimum absolute atomic E-state index is 0.132. The maximum atomic E-state index is 13.7. The summed E-state index contributed by atoms with van der Waals surface area (Å²) in [5.74, 6) is 0.435. The molecule has 0 spiro atoms. The van der Waals surface area contributed by atoms with E-state index in [1.54, 1.807) is 6.20 Å². The largest absolute Gasteiger partial charge is 0.496 e. The molecule has 2 heterocycles. The van der Waals surface area contributed by atoms with Crippen LogP contribution in [0.5, 0.6) is 5.75 Å². The van der Waals surface area contributed by atoms with Crippen LogP contribution in [0.4, 0.5) is 10.2 Å². The first-order chi connectivity index (χ1) is 19.6. The van der Waals surface area contributed by atoms with Gasteiger partial charge in [-0.2, -0.15) is 0 Å². The van der Waals surface area contributed by atoms with Crippen molar-refractivity contribution in [1.82, 2.24) is 19.7 Å². The number of hydrogen-bond donors (Lipinski definition) is 2. The molecule has 2 aromatic heterocycles. The number of methoxy groups -OCH3 is 2. The van der Waals surface area contributed by atoms with Crippen LogP contribution in [0.25, 0.3) is 16.8 Å². The molecule has 3 N–H and O–H groups in total. The van der Waals surface area contributed by atoms with E-state index < -0.39 is 17.1 Å². The predicted molar refractivity (Wildman–Crippen MR) is 153 cm³/mol. The third kappa shape index (κ3) is 5.21. The molecule has 0 unspecified atom stereocenters. The summed E-state index contributed by atoms with van der Waals surface area (Å²) in [4.78, 5) is 34.5. The highest BCUT2D eigenvalue weighted by molar-refractivity contribution is 5.97. The molecule has 214 valence electrons. The first kappa shape index (κ1) is 28.1. The first-order valence-corrected chi connectivity index (χ1v) is 13.5. The minimum Gasteiger partial charge on any atom is -0.496 e. The molecule has 41 heavy (non-hydrogen) atoms. The molecule has 1 aliphatic carbocycles. The summed E-state index contributed by atoms with van der Waals surface area (Å²) in [6.07, 6.45) is 6.48. The van der Waals surface area contributed by atoms with Gasteiger partial charge >= 0.3 is 5.97 Å². The summed E-state index contributed by atoms with van der Waals surface area (Å²) in [5, 5.41) is 2.82.